The van der Waals surface area contributed by atoms with Crippen molar-refractivity contribution < 1.29 is 19.1 Å². The van der Waals surface area contributed by atoms with Crippen LogP contribution in [0.1, 0.15) is 81.1 Å². The first-order chi connectivity index (χ1) is 10.8. The zero-order valence-electron chi connectivity index (χ0n) is 16.9. The van der Waals surface area contributed by atoms with Crippen LogP contribution < -0.4 is 0 Å². The van der Waals surface area contributed by atoms with E-state index in [1.807, 2.05) is 6.92 Å². The van der Waals surface area contributed by atoms with E-state index in [0.29, 0.717) is 5.57 Å². The summed E-state index contributed by atoms with van der Waals surface area (Å²) in [5.41, 5.74) is -0.321. The summed E-state index contributed by atoms with van der Waals surface area (Å²) in [6, 6.07) is 0. The normalized spacial score (nSPS) is 14.7. The minimum absolute atomic E-state index is 0.0182. The fraction of sp³-hybridized carbons (Fsp3) is 0.800. The Morgan fingerprint density at radius 2 is 1.54 bits per heavy atom. The van der Waals surface area contributed by atoms with E-state index in [2.05, 4.69) is 48.1 Å². The number of hydrogen-bond acceptors (Lipinski definition) is 4. The molecule has 24 heavy (non-hydrogen) atoms. The second-order valence-electron chi connectivity index (χ2n) is 8.30. The lowest BCUT2D eigenvalue weighted by Crippen LogP contribution is -2.48. The molecule has 4 nitrogen and oxygen atoms in total. The van der Waals surface area contributed by atoms with Crippen molar-refractivity contribution in [3.8, 4) is 0 Å². The van der Waals surface area contributed by atoms with Crippen molar-refractivity contribution in [1.29, 1.82) is 0 Å². The van der Waals surface area contributed by atoms with Crippen LogP contribution >= 0.6 is 0 Å². The summed E-state index contributed by atoms with van der Waals surface area (Å²) >= 11 is 0. The molecule has 0 saturated carbocycles. The van der Waals surface area contributed by atoms with Gasteiger partial charge < -0.3 is 9.47 Å². The number of carbonyl (C=O) groups excluding carboxylic acids is 2. The van der Waals surface area contributed by atoms with E-state index in [4.69, 9.17) is 9.47 Å². The van der Waals surface area contributed by atoms with Gasteiger partial charge in [-0.25, -0.2) is 4.79 Å². The van der Waals surface area contributed by atoms with E-state index >= 15 is 0 Å². The number of esters is 2. The predicted octanol–water partition coefficient (Wildman–Crippen LogP) is 5.06. The third-order valence-electron chi connectivity index (χ3n) is 5.32. The highest BCUT2D eigenvalue weighted by molar-refractivity contribution is 5.87. The molecule has 0 aliphatic heterocycles. The Bertz CT molecular complexity index is 462. The second-order valence-corrected chi connectivity index (χ2v) is 8.30. The molecule has 0 aromatic rings. The highest BCUT2D eigenvalue weighted by Crippen LogP contribution is 2.45. The SMILES string of the molecule is C=C(C)C(=O)OCCC(=O)OC(C)(CC(C)(C)CC)C(C)(C)CC. The molecule has 0 N–H and O–H groups in total. The zero-order chi connectivity index (χ0) is 19.2. The van der Waals surface area contributed by atoms with Crippen molar-refractivity contribution in [2.24, 2.45) is 10.8 Å². The lowest BCUT2D eigenvalue weighted by atomic mass is 9.66. The van der Waals surface area contributed by atoms with Gasteiger partial charge in [-0.15, -0.1) is 0 Å². The first-order valence-electron chi connectivity index (χ1n) is 8.84. The average molecular weight is 341 g/mol. The third kappa shape index (κ3) is 6.66. The van der Waals surface area contributed by atoms with Crippen LogP contribution in [-0.2, 0) is 19.1 Å². The van der Waals surface area contributed by atoms with Gasteiger partial charge in [-0.1, -0.05) is 54.5 Å². The monoisotopic (exact) mass is 340 g/mol. The molecule has 0 amide bonds. The molecule has 0 saturated heterocycles. The van der Waals surface area contributed by atoms with E-state index in [-0.39, 0.29) is 29.8 Å². The highest BCUT2D eigenvalue weighted by Gasteiger charge is 2.46. The third-order valence-corrected chi connectivity index (χ3v) is 5.32. The van der Waals surface area contributed by atoms with Crippen molar-refractivity contribution in [2.45, 2.75) is 86.7 Å². The fourth-order valence-corrected chi connectivity index (χ4v) is 2.48. The van der Waals surface area contributed by atoms with Gasteiger partial charge in [-0.2, -0.15) is 0 Å². The standard InChI is InChI=1S/C20H36O4/c1-10-18(5,6)14-20(9,19(7,8)11-2)24-16(21)12-13-23-17(22)15(3)4/h3,10-14H2,1-2,4-9H3. The summed E-state index contributed by atoms with van der Waals surface area (Å²) in [6.07, 6.45) is 2.76. The molecule has 4 heteroatoms. The minimum atomic E-state index is -0.573. The van der Waals surface area contributed by atoms with Gasteiger partial charge in [0, 0.05) is 11.0 Å². The molecular formula is C20H36O4. The van der Waals surface area contributed by atoms with Crippen molar-refractivity contribution in [3.63, 3.8) is 0 Å². The average Bonchev–Trinajstić information content (AvgIpc) is 2.45. The molecule has 0 aromatic heterocycles. The van der Waals surface area contributed by atoms with Crippen LogP contribution in [0.5, 0.6) is 0 Å². The lowest BCUT2D eigenvalue weighted by Gasteiger charge is -2.47. The fourth-order valence-electron chi connectivity index (χ4n) is 2.48. The largest absolute Gasteiger partial charge is 0.462 e. The smallest absolute Gasteiger partial charge is 0.333 e. The molecule has 0 heterocycles. The first-order valence-corrected chi connectivity index (χ1v) is 8.84. The van der Waals surface area contributed by atoms with Gasteiger partial charge in [0.2, 0.25) is 0 Å². The second kappa shape index (κ2) is 8.68. The maximum atomic E-state index is 12.3. The molecule has 0 aliphatic carbocycles. The quantitative estimate of drug-likeness (QED) is 0.412. The van der Waals surface area contributed by atoms with Crippen LogP contribution in [-0.4, -0.2) is 24.1 Å². The Kier molecular flexibility index (Phi) is 8.20. The maximum absolute atomic E-state index is 12.3. The van der Waals surface area contributed by atoms with E-state index < -0.39 is 11.6 Å². The van der Waals surface area contributed by atoms with Gasteiger partial charge in [-0.05, 0) is 32.1 Å². The van der Waals surface area contributed by atoms with Crippen LogP contribution in [0.15, 0.2) is 12.2 Å². The van der Waals surface area contributed by atoms with Gasteiger partial charge in [0.15, 0.2) is 0 Å². The van der Waals surface area contributed by atoms with Crippen LogP contribution in [0.4, 0.5) is 0 Å². The summed E-state index contributed by atoms with van der Waals surface area (Å²) in [5, 5.41) is 0. The van der Waals surface area contributed by atoms with Crippen molar-refractivity contribution >= 4 is 11.9 Å². The number of hydrogen-bond donors (Lipinski definition) is 0. The molecule has 0 bridgehead atoms. The molecule has 0 fully saturated rings. The molecular weight excluding hydrogens is 304 g/mol. The summed E-state index contributed by atoms with van der Waals surface area (Å²) in [5.74, 6) is -0.813. The van der Waals surface area contributed by atoms with Crippen molar-refractivity contribution in [2.75, 3.05) is 6.61 Å². The molecule has 0 rings (SSSR count). The number of rotatable bonds is 10. The summed E-state index contributed by atoms with van der Waals surface area (Å²) in [4.78, 5) is 23.7. The molecule has 1 atom stereocenters. The molecule has 0 radical (unpaired) electrons. The Balaban J connectivity index is 4.98. The predicted molar refractivity (Wildman–Crippen MR) is 97.6 cm³/mol. The van der Waals surface area contributed by atoms with Gasteiger partial charge in [0.05, 0.1) is 6.42 Å². The Morgan fingerprint density at radius 1 is 1.00 bits per heavy atom. The topological polar surface area (TPSA) is 52.6 Å². The van der Waals surface area contributed by atoms with Gasteiger partial charge in [0.1, 0.15) is 12.2 Å². The lowest BCUT2D eigenvalue weighted by molar-refractivity contribution is -0.179. The van der Waals surface area contributed by atoms with E-state index in [1.165, 1.54) is 0 Å². The van der Waals surface area contributed by atoms with Crippen molar-refractivity contribution in [3.05, 3.63) is 12.2 Å². The molecule has 1 unspecified atom stereocenters. The molecule has 140 valence electrons. The van der Waals surface area contributed by atoms with Crippen LogP contribution in [0.3, 0.4) is 0 Å². The summed E-state index contributed by atoms with van der Waals surface area (Å²) < 4.78 is 10.9. The van der Waals surface area contributed by atoms with Gasteiger partial charge in [0.25, 0.3) is 0 Å². The Hall–Kier alpha value is -1.32. The number of ether oxygens (including phenoxy) is 2. The highest BCUT2D eigenvalue weighted by atomic mass is 16.6. The Morgan fingerprint density at radius 3 is 1.96 bits per heavy atom. The van der Waals surface area contributed by atoms with Crippen LogP contribution in [0.25, 0.3) is 0 Å². The summed E-state index contributed by atoms with van der Waals surface area (Å²) in [6.45, 7) is 20.0. The van der Waals surface area contributed by atoms with Crippen molar-refractivity contribution in [1.82, 2.24) is 0 Å². The number of carbonyl (C=O) groups is 2. The summed E-state index contributed by atoms with van der Waals surface area (Å²) in [7, 11) is 0. The Labute approximate surface area is 148 Å². The van der Waals surface area contributed by atoms with E-state index in [0.717, 1.165) is 19.3 Å². The van der Waals surface area contributed by atoms with Crippen LogP contribution in [0, 0.1) is 10.8 Å². The zero-order valence-corrected chi connectivity index (χ0v) is 16.9. The maximum Gasteiger partial charge on any atom is 0.333 e. The molecule has 0 aliphatic rings. The molecule has 0 aromatic carbocycles. The molecule has 0 spiro atoms. The van der Waals surface area contributed by atoms with Crippen LogP contribution in [0.2, 0.25) is 0 Å². The van der Waals surface area contributed by atoms with E-state index in [9.17, 15) is 9.59 Å². The van der Waals surface area contributed by atoms with E-state index in [1.54, 1.807) is 6.92 Å². The van der Waals surface area contributed by atoms with Gasteiger partial charge >= 0.3 is 11.9 Å². The minimum Gasteiger partial charge on any atom is -0.462 e. The first kappa shape index (κ1) is 22.7. The van der Waals surface area contributed by atoms with Gasteiger partial charge in [-0.3, -0.25) is 4.79 Å².